The summed E-state index contributed by atoms with van der Waals surface area (Å²) in [6, 6.07) is 66.8. The Labute approximate surface area is 467 Å². The number of rotatable bonds is 6. The van der Waals surface area contributed by atoms with Crippen LogP contribution >= 0.6 is 0 Å². The van der Waals surface area contributed by atoms with Gasteiger partial charge in [-0.25, -0.2) is 9.97 Å². The second-order valence-electron chi connectivity index (χ2n) is 24.9. The van der Waals surface area contributed by atoms with Gasteiger partial charge in [0.2, 0.25) is 0 Å². The maximum atomic E-state index is 12.7. The van der Waals surface area contributed by atoms with Gasteiger partial charge in [0.05, 0.1) is 39.0 Å². The predicted octanol–water partition coefficient (Wildman–Crippen LogP) is 18.3. The number of phenolic OH excluding ortho intramolecular Hbond substituents is 1. The molecule has 388 valence electrons. The Bertz CT molecular complexity index is 4260. The number of pyridine rings is 1. The van der Waals surface area contributed by atoms with Crippen LogP contribution < -0.4 is 0 Å². The summed E-state index contributed by atoms with van der Waals surface area (Å²) in [4.78, 5) is 11.5. The molecule has 0 unspecified atom stereocenters. The van der Waals surface area contributed by atoms with E-state index in [1.807, 2.05) is 6.07 Å². The van der Waals surface area contributed by atoms with Crippen LogP contribution in [0.4, 0.5) is 0 Å². The van der Waals surface area contributed by atoms with Crippen LogP contribution in [0.15, 0.2) is 176 Å². The van der Waals surface area contributed by atoms with Gasteiger partial charge in [-0.15, -0.1) is 5.39 Å². The number of aromatic hydroxyl groups is 1. The zero-order valence-corrected chi connectivity index (χ0v) is 48.5. The maximum Gasteiger partial charge on any atom is 0.149 e. The average molecular weight is 1190 g/mol. The Kier molecular flexibility index (Phi) is 12.5. The van der Waals surface area contributed by atoms with E-state index in [2.05, 4.69) is 273 Å². The van der Waals surface area contributed by atoms with Crippen molar-refractivity contribution in [3.05, 3.63) is 204 Å². The van der Waals surface area contributed by atoms with Crippen molar-refractivity contribution in [1.82, 2.24) is 23.7 Å². The molecule has 0 aliphatic rings. The number of aromatic nitrogens is 5. The van der Waals surface area contributed by atoms with Crippen LogP contribution in [0.5, 0.6) is 5.75 Å². The normalized spacial score (nSPS) is 12.6. The molecule has 0 bridgehead atoms. The quantitative estimate of drug-likeness (QED) is 0.169. The first kappa shape index (κ1) is 51.6. The Balaban J connectivity index is 0.00000631. The molecular formula is C70H66N5OPt-. The van der Waals surface area contributed by atoms with Crippen molar-refractivity contribution in [2.75, 3.05) is 0 Å². The van der Waals surface area contributed by atoms with Crippen LogP contribution in [-0.2, 0) is 42.7 Å². The molecule has 0 aliphatic heterocycles. The number of imidazole rings is 1. The third-order valence-corrected chi connectivity index (χ3v) is 15.5. The van der Waals surface area contributed by atoms with Gasteiger partial charge >= 0.3 is 0 Å². The fraction of sp³-hybridized carbons (Fsp3) is 0.229. The zero-order chi connectivity index (χ0) is 53.2. The van der Waals surface area contributed by atoms with Gasteiger partial charge < -0.3 is 14.2 Å². The molecule has 77 heavy (non-hydrogen) atoms. The molecule has 8 aromatic carbocycles. The Morgan fingerprint density at radius 1 is 0.442 bits per heavy atom. The largest absolute Gasteiger partial charge is 0.507 e. The number of fused-ring (bicyclic) bond motifs is 8. The van der Waals surface area contributed by atoms with Crippen molar-refractivity contribution >= 4 is 54.6 Å². The van der Waals surface area contributed by atoms with Gasteiger partial charge in [-0.2, -0.15) is 24.3 Å². The van der Waals surface area contributed by atoms with Gasteiger partial charge in [-0.1, -0.05) is 180 Å². The van der Waals surface area contributed by atoms with Crippen molar-refractivity contribution < 1.29 is 26.2 Å². The Morgan fingerprint density at radius 2 is 1.04 bits per heavy atom. The molecular weight excluding hydrogens is 1120 g/mol. The van der Waals surface area contributed by atoms with Gasteiger partial charge in [-0.05, 0) is 116 Å². The van der Waals surface area contributed by atoms with Crippen molar-refractivity contribution in [3.8, 4) is 56.7 Å². The smallest absolute Gasteiger partial charge is 0.149 e. The van der Waals surface area contributed by atoms with Crippen molar-refractivity contribution in [3.63, 3.8) is 0 Å². The summed E-state index contributed by atoms with van der Waals surface area (Å²) >= 11 is 0. The monoisotopic (exact) mass is 1190 g/mol. The third-order valence-electron chi connectivity index (χ3n) is 15.5. The summed E-state index contributed by atoms with van der Waals surface area (Å²) in [6.45, 7) is 26.8. The second kappa shape index (κ2) is 18.6. The minimum absolute atomic E-state index is 0. The first-order valence-electron chi connectivity index (χ1n) is 26.7. The molecule has 0 saturated carbocycles. The molecule has 6 nitrogen and oxygen atoms in total. The minimum atomic E-state index is -0.353. The van der Waals surface area contributed by atoms with E-state index in [-0.39, 0.29) is 48.5 Å². The standard InChI is InChI=1S/C70H66N5O.Pt/c1-67(2,3)44-34-35-57(51(38-44)43-24-15-13-16-25-43)75-60-33-23-30-48(64(60)72-66(75)52-39-45(68(4,5)6)40-53(65(52)76)70(10,11)12)54-41-46(69(7,8)9)42-61(71-54)74-56-32-22-20-29-50(56)63-59(74)37-36-58-62(63)49-28-19-21-31-55(49)73(58)47-26-17-14-18-27-47;/h13-31,33-42,76H,1-12H3;/q-1;. The van der Waals surface area contributed by atoms with Gasteiger partial charge in [0, 0.05) is 59.7 Å². The molecule has 1 N–H and O–H groups in total. The third kappa shape index (κ3) is 8.70. The molecule has 12 aromatic rings. The molecule has 0 atom stereocenters. The van der Waals surface area contributed by atoms with E-state index < -0.39 is 0 Å². The van der Waals surface area contributed by atoms with Gasteiger partial charge in [0.25, 0.3) is 0 Å². The summed E-state index contributed by atoms with van der Waals surface area (Å²) in [7, 11) is 0. The zero-order valence-electron chi connectivity index (χ0n) is 46.2. The first-order valence-corrected chi connectivity index (χ1v) is 26.7. The van der Waals surface area contributed by atoms with Crippen LogP contribution in [0.3, 0.4) is 0 Å². The number of nitrogens with zero attached hydrogens (tertiary/aromatic N) is 5. The number of hydrogen-bond donors (Lipinski definition) is 1. The van der Waals surface area contributed by atoms with Crippen LogP contribution in [-0.4, -0.2) is 28.8 Å². The summed E-state index contributed by atoms with van der Waals surface area (Å²) in [5.41, 5.74) is 16.2. The predicted molar refractivity (Wildman–Crippen MR) is 319 cm³/mol. The summed E-state index contributed by atoms with van der Waals surface area (Å²) < 4.78 is 6.99. The van der Waals surface area contributed by atoms with Crippen LogP contribution in [0.2, 0.25) is 0 Å². The van der Waals surface area contributed by atoms with Crippen molar-refractivity contribution in [2.24, 2.45) is 0 Å². The molecule has 0 aliphatic carbocycles. The topological polar surface area (TPSA) is 60.8 Å². The van der Waals surface area contributed by atoms with Gasteiger partial charge in [0.15, 0.2) is 0 Å². The molecule has 0 radical (unpaired) electrons. The first-order chi connectivity index (χ1) is 36.2. The molecule has 4 aromatic heterocycles. The van der Waals surface area contributed by atoms with E-state index in [0.717, 1.165) is 94.8 Å². The fourth-order valence-electron chi connectivity index (χ4n) is 11.3. The molecule has 0 spiro atoms. The molecule has 12 rings (SSSR count). The van der Waals surface area contributed by atoms with E-state index in [1.54, 1.807) is 0 Å². The van der Waals surface area contributed by atoms with Crippen LogP contribution in [0.1, 0.15) is 105 Å². The summed E-state index contributed by atoms with van der Waals surface area (Å²) in [6.07, 6.45) is 0. The minimum Gasteiger partial charge on any atom is -0.507 e. The summed E-state index contributed by atoms with van der Waals surface area (Å²) in [5.74, 6) is 1.72. The maximum absolute atomic E-state index is 12.7. The summed E-state index contributed by atoms with van der Waals surface area (Å²) in [5, 5.41) is 17.4. The van der Waals surface area contributed by atoms with E-state index >= 15 is 0 Å². The van der Waals surface area contributed by atoms with Crippen LogP contribution in [0.25, 0.3) is 106 Å². The molecule has 7 heteroatoms. The van der Waals surface area contributed by atoms with Crippen molar-refractivity contribution in [2.45, 2.75) is 105 Å². The van der Waals surface area contributed by atoms with Crippen LogP contribution in [0, 0.1) is 6.07 Å². The second-order valence-corrected chi connectivity index (χ2v) is 24.9. The molecule has 4 heterocycles. The molecule has 0 saturated heterocycles. The number of benzene rings is 8. The average Bonchev–Trinajstić information content (AvgIpc) is 4.20. The number of para-hydroxylation sites is 4. The van der Waals surface area contributed by atoms with Gasteiger partial charge in [-0.3, -0.25) is 4.57 Å². The Morgan fingerprint density at radius 3 is 1.73 bits per heavy atom. The van der Waals surface area contributed by atoms with Crippen molar-refractivity contribution in [1.29, 1.82) is 0 Å². The van der Waals surface area contributed by atoms with Gasteiger partial charge in [0.1, 0.15) is 17.4 Å². The van der Waals surface area contributed by atoms with E-state index in [1.165, 1.54) is 21.7 Å². The van der Waals surface area contributed by atoms with E-state index in [0.29, 0.717) is 11.4 Å². The fourth-order valence-corrected chi connectivity index (χ4v) is 11.3. The SMILES string of the molecule is CC(C)(C)c1cc(-c2cccc3c2nc(-c2cc(C(C)(C)C)cc(C(C)(C)C)c2O)n3-c2ccc(C(C)(C)C)cc2-c2ccccc2)nc(-n2c3[c-]cccc3c3c4c5ccccc5n(-c5ccccc5)c4ccc32)c1.[Pt]. The molecule has 0 fully saturated rings. The number of phenols is 1. The molecule has 0 amide bonds. The number of hydrogen-bond acceptors (Lipinski definition) is 3. The Hall–Kier alpha value is -7.53. The van der Waals surface area contributed by atoms with E-state index in [9.17, 15) is 5.11 Å². The van der Waals surface area contributed by atoms with E-state index in [4.69, 9.17) is 9.97 Å².